The number of piperidine rings is 1. The second-order valence-corrected chi connectivity index (χ2v) is 9.02. The van der Waals surface area contributed by atoms with Crippen molar-refractivity contribution in [1.82, 2.24) is 15.5 Å². The molecule has 2 saturated heterocycles. The van der Waals surface area contributed by atoms with Gasteiger partial charge in [-0.05, 0) is 45.6 Å². The minimum Gasteiger partial charge on any atom is -0.356 e. The molecule has 6 nitrogen and oxygen atoms in total. The first-order chi connectivity index (χ1) is 10.4. The van der Waals surface area contributed by atoms with E-state index < -0.39 is 9.84 Å². The number of hydrogen-bond donors (Lipinski definition) is 2. The smallest absolute Gasteiger partial charge is 0.191 e. The summed E-state index contributed by atoms with van der Waals surface area (Å²) in [6, 6.07) is 0.596. The van der Waals surface area contributed by atoms with Gasteiger partial charge in [0.15, 0.2) is 15.8 Å². The Hall–Kier alpha value is -0.0900. The van der Waals surface area contributed by atoms with Gasteiger partial charge >= 0.3 is 0 Å². The summed E-state index contributed by atoms with van der Waals surface area (Å²) in [7, 11) is -1.12. The van der Waals surface area contributed by atoms with E-state index in [0.29, 0.717) is 18.4 Å². The Balaban J connectivity index is 0.00000264. The van der Waals surface area contributed by atoms with Crippen LogP contribution in [0.1, 0.15) is 33.1 Å². The highest BCUT2D eigenvalue weighted by Crippen LogP contribution is 2.17. The summed E-state index contributed by atoms with van der Waals surface area (Å²) in [5, 5.41) is 6.61. The molecule has 2 unspecified atom stereocenters. The lowest BCUT2D eigenvalue weighted by atomic mass is 9.97. The van der Waals surface area contributed by atoms with Crippen molar-refractivity contribution < 1.29 is 8.42 Å². The fourth-order valence-corrected chi connectivity index (χ4v) is 4.94. The highest BCUT2D eigenvalue weighted by molar-refractivity contribution is 14.0. The molecular formula is C15H31IN4O2S. The van der Waals surface area contributed by atoms with Crippen LogP contribution in [0.4, 0.5) is 0 Å². The third-order valence-corrected chi connectivity index (χ3v) is 6.40. The zero-order valence-electron chi connectivity index (χ0n) is 14.4. The molecule has 2 aliphatic heterocycles. The first-order valence-corrected chi connectivity index (χ1v) is 10.1. The lowest BCUT2D eigenvalue weighted by Crippen LogP contribution is -2.48. The number of rotatable bonds is 4. The van der Waals surface area contributed by atoms with Gasteiger partial charge in [-0.25, -0.2) is 8.42 Å². The molecule has 136 valence electrons. The topological polar surface area (TPSA) is 73.8 Å². The SMILES string of the molecule is CN=C(NCC1CCCN(C(C)C)C1)NC1CCS(=O)(=O)C1.I. The molecule has 0 amide bonds. The van der Waals surface area contributed by atoms with Gasteiger partial charge in [0.25, 0.3) is 0 Å². The Morgan fingerprint density at radius 1 is 1.35 bits per heavy atom. The maximum Gasteiger partial charge on any atom is 0.191 e. The normalized spacial score (nSPS) is 28.4. The van der Waals surface area contributed by atoms with Crippen LogP contribution >= 0.6 is 24.0 Å². The van der Waals surface area contributed by atoms with Crippen LogP contribution < -0.4 is 10.6 Å². The first-order valence-electron chi connectivity index (χ1n) is 8.31. The van der Waals surface area contributed by atoms with Gasteiger partial charge in [0.1, 0.15) is 0 Å². The highest BCUT2D eigenvalue weighted by atomic mass is 127. The lowest BCUT2D eigenvalue weighted by molar-refractivity contribution is 0.141. The summed E-state index contributed by atoms with van der Waals surface area (Å²) in [5.74, 6) is 1.86. The summed E-state index contributed by atoms with van der Waals surface area (Å²) < 4.78 is 23.0. The molecule has 0 radical (unpaired) electrons. The van der Waals surface area contributed by atoms with Crippen molar-refractivity contribution in [3.63, 3.8) is 0 Å². The number of halogens is 1. The van der Waals surface area contributed by atoms with Crippen molar-refractivity contribution in [2.75, 3.05) is 38.2 Å². The first kappa shape index (κ1) is 21.0. The van der Waals surface area contributed by atoms with Crippen molar-refractivity contribution >= 4 is 39.8 Å². The van der Waals surface area contributed by atoms with E-state index in [-0.39, 0.29) is 41.5 Å². The summed E-state index contributed by atoms with van der Waals surface area (Å²) >= 11 is 0. The summed E-state index contributed by atoms with van der Waals surface area (Å²) in [4.78, 5) is 6.75. The minimum atomic E-state index is -2.85. The standard InChI is InChI=1S/C15H30N4O2S.HI/c1-12(2)19-7-4-5-13(10-19)9-17-15(16-3)18-14-6-8-22(20,21)11-14;/h12-14H,4-11H2,1-3H3,(H2,16,17,18);1H. The molecule has 0 bridgehead atoms. The van der Waals surface area contributed by atoms with E-state index in [1.54, 1.807) is 7.05 Å². The van der Waals surface area contributed by atoms with Crippen LogP contribution in [0, 0.1) is 5.92 Å². The Labute approximate surface area is 157 Å². The van der Waals surface area contributed by atoms with E-state index >= 15 is 0 Å². The van der Waals surface area contributed by atoms with Gasteiger partial charge in [0.2, 0.25) is 0 Å². The molecule has 2 aliphatic rings. The molecule has 2 rings (SSSR count). The molecular weight excluding hydrogens is 427 g/mol. The maximum atomic E-state index is 11.5. The Kier molecular flexibility index (Phi) is 8.57. The monoisotopic (exact) mass is 458 g/mol. The van der Waals surface area contributed by atoms with Crippen LogP contribution in [0.2, 0.25) is 0 Å². The van der Waals surface area contributed by atoms with Gasteiger partial charge in [0.05, 0.1) is 11.5 Å². The average Bonchev–Trinajstić information content (AvgIpc) is 2.82. The van der Waals surface area contributed by atoms with E-state index in [2.05, 4.69) is 34.4 Å². The van der Waals surface area contributed by atoms with Gasteiger partial charge in [-0.3, -0.25) is 4.99 Å². The van der Waals surface area contributed by atoms with E-state index in [1.807, 2.05) is 0 Å². The second kappa shape index (κ2) is 9.41. The van der Waals surface area contributed by atoms with Gasteiger partial charge in [-0.15, -0.1) is 24.0 Å². The molecule has 0 aromatic carbocycles. The predicted molar refractivity (Wildman–Crippen MR) is 106 cm³/mol. The average molecular weight is 458 g/mol. The number of likely N-dealkylation sites (tertiary alicyclic amines) is 1. The van der Waals surface area contributed by atoms with Crippen LogP contribution in [0.25, 0.3) is 0 Å². The number of hydrogen-bond acceptors (Lipinski definition) is 4. The number of aliphatic imine (C=N–C) groups is 1. The number of nitrogens with zero attached hydrogens (tertiary/aromatic N) is 2. The fourth-order valence-electron chi connectivity index (χ4n) is 3.27. The number of nitrogens with one attached hydrogen (secondary N) is 2. The Morgan fingerprint density at radius 3 is 2.65 bits per heavy atom. The van der Waals surface area contributed by atoms with Gasteiger partial charge in [-0.1, -0.05) is 0 Å². The van der Waals surface area contributed by atoms with Crippen molar-refractivity contribution in [3.05, 3.63) is 0 Å². The molecule has 2 N–H and O–H groups in total. The van der Waals surface area contributed by atoms with Crippen LogP contribution in [-0.2, 0) is 9.84 Å². The molecule has 0 spiro atoms. The molecule has 8 heteroatoms. The van der Waals surface area contributed by atoms with Crippen molar-refractivity contribution in [2.24, 2.45) is 10.9 Å². The molecule has 23 heavy (non-hydrogen) atoms. The van der Waals surface area contributed by atoms with E-state index in [9.17, 15) is 8.42 Å². The fraction of sp³-hybridized carbons (Fsp3) is 0.933. The third kappa shape index (κ3) is 6.74. The van der Waals surface area contributed by atoms with Crippen molar-refractivity contribution in [3.8, 4) is 0 Å². The molecule has 2 fully saturated rings. The number of sulfone groups is 1. The van der Waals surface area contributed by atoms with Gasteiger partial charge in [-0.2, -0.15) is 0 Å². The zero-order valence-corrected chi connectivity index (χ0v) is 17.6. The largest absolute Gasteiger partial charge is 0.356 e. The minimum absolute atomic E-state index is 0. The van der Waals surface area contributed by atoms with Gasteiger partial charge in [0, 0.05) is 32.2 Å². The van der Waals surface area contributed by atoms with E-state index in [0.717, 1.165) is 19.0 Å². The lowest BCUT2D eigenvalue weighted by Gasteiger charge is -2.35. The molecule has 0 aromatic heterocycles. The molecule has 2 heterocycles. The van der Waals surface area contributed by atoms with E-state index in [4.69, 9.17) is 0 Å². The summed E-state index contributed by atoms with van der Waals surface area (Å²) in [5.41, 5.74) is 0. The third-order valence-electron chi connectivity index (χ3n) is 4.64. The molecule has 0 aromatic rings. The molecule has 0 aliphatic carbocycles. The summed E-state index contributed by atoms with van der Waals surface area (Å²) in [6.45, 7) is 7.70. The predicted octanol–water partition coefficient (Wildman–Crippen LogP) is 1.08. The van der Waals surface area contributed by atoms with Crippen molar-refractivity contribution in [1.29, 1.82) is 0 Å². The van der Waals surface area contributed by atoms with Crippen LogP contribution in [0.3, 0.4) is 0 Å². The second-order valence-electron chi connectivity index (χ2n) is 6.79. The molecule has 2 atom stereocenters. The van der Waals surface area contributed by atoms with E-state index in [1.165, 1.54) is 19.4 Å². The van der Waals surface area contributed by atoms with Crippen LogP contribution in [-0.4, -0.2) is 69.5 Å². The van der Waals surface area contributed by atoms with Crippen LogP contribution in [0.15, 0.2) is 4.99 Å². The maximum absolute atomic E-state index is 11.5. The molecule has 0 saturated carbocycles. The van der Waals surface area contributed by atoms with Gasteiger partial charge < -0.3 is 15.5 Å². The Morgan fingerprint density at radius 2 is 2.09 bits per heavy atom. The Bertz CT molecular complexity index is 496. The van der Waals surface area contributed by atoms with Crippen LogP contribution in [0.5, 0.6) is 0 Å². The number of guanidine groups is 1. The van der Waals surface area contributed by atoms with Crippen molar-refractivity contribution in [2.45, 2.75) is 45.2 Å². The quantitative estimate of drug-likeness (QED) is 0.375. The summed E-state index contributed by atoms with van der Waals surface area (Å²) in [6.07, 6.45) is 3.16. The zero-order chi connectivity index (χ0) is 16.2. The highest BCUT2D eigenvalue weighted by Gasteiger charge is 2.28.